The Hall–Kier alpha value is 0.0200. The SMILES string of the molecule is CC1NP(N)C1=O. The van der Waals surface area contributed by atoms with Gasteiger partial charge in [0.05, 0.1) is 6.04 Å². The maximum Gasteiger partial charge on any atom is 0.201 e. The normalized spacial score (nSPS) is 40.6. The second-order valence-electron chi connectivity index (χ2n) is 1.56. The number of carbonyl (C=O) groups is 1. The fourth-order valence-electron chi connectivity index (χ4n) is 0.470. The van der Waals surface area contributed by atoms with Gasteiger partial charge in [0.1, 0.15) is 8.22 Å². The Bertz CT molecular complexity index is 95.1. The molecule has 3 nitrogen and oxygen atoms in total. The molecule has 0 spiro atoms. The molecule has 0 saturated carbocycles. The number of hydrogen-bond donors (Lipinski definition) is 2. The number of hydrogen-bond acceptors (Lipinski definition) is 3. The number of nitrogens with one attached hydrogen (secondary N) is 1. The molecule has 2 unspecified atom stereocenters. The summed E-state index contributed by atoms with van der Waals surface area (Å²) in [4.78, 5) is 10.4. The van der Waals surface area contributed by atoms with Gasteiger partial charge in [-0.1, -0.05) is 0 Å². The molecule has 0 bridgehead atoms. The molecular formula is C3H7N2OP. The van der Waals surface area contributed by atoms with E-state index >= 15 is 0 Å². The molecule has 0 aromatic heterocycles. The predicted molar refractivity (Wildman–Crippen MR) is 28.7 cm³/mol. The van der Waals surface area contributed by atoms with Gasteiger partial charge in [-0.15, -0.1) is 0 Å². The molecule has 1 rings (SSSR count). The van der Waals surface area contributed by atoms with Crippen LogP contribution in [0.1, 0.15) is 6.92 Å². The van der Waals surface area contributed by atoms with E-state index in [1.807, 2.05) is 6.92 Å². The van der Waals surface area contributed by atoms with Gasteiger partial charge in [-0.25, -0.2) is 0 Å². The Morgan fingerprint density at radius 1 is 2.00 bits per heavy atom. The number of rotatable bonds is 0. The van der Waals surface area contributed by atoms with E-state index in [4.69, 9.17) is 5.50 Å². The Labute approximate surface area is 43.1 Å². The average Bonchev–Trinajstić information content (AvgIpc) is 1.68. The Kier molecular flexibility index (Phi) is 1.11. The third kappa shape index (κ3) is 0.673. The van der Waals surface area contributed by atoms with E-state index in [9.17, 15) is 4.79 Å². The highest BCUT2D eigenvalue weighted by molar-refractivity contribution is 7.73. The van der Waals surface area contributed by atoms with Crippen LogP contribution < -0.4 is 10.6 Å². The summed E-state index contributed by atoms with van der Waals surface area (Å²) in [6.07, 6.45) is 0. The lowest BCUT2D eigenvalue weighted by molar-refractivity contribution is -0.114. The van der Waals surface area contributed by atoms with Crippen LogP contribution >= 0.6 is 8.22 Å². The van der Waals surface area contributed by atoms with Crippen molar-refractivity contribution in [3.63, 3.8) is 0 Å². The van der Waals surface area contributed by atoms with Gasteiger partial charge in [0.15, 0.2) is 0 Å². The minimum Gasteiger partial charge on any atom is -0.292 e. The van der Waals surface area contributed by atoms with Crippen LogP contribution in [0, 0.1) is 0 Å². The molecule has 0 aliphatic carbocycles. The molecule has 1 fully saturated rings. The molecule has 1 aliphatic heterocycles. The summed E-state index contributed by atoms with van der Waals surface area (Å²) in [6, 6.07) is 0.0242. The van der Waals surface area contributed by atoms with Crippen LogP contribution in [0.25, 0.3) is 0 Å². The summed E-state index contributed by atoms with van der Waals surface area (Å²) >= 11 is 0. The Morgan fingerprint density at radius 2 is 2.57 bits per heavy atom. The van der Waals surface area contributed by atoms with Gasteiger partial charge >= 0.3 is 0 Å². The van der Waals surface area contributed by atoms with Crippen LogP contribution in [0.3, 0.4) is 0 Å². The summed E-state index contributed by atoms with van der Waals surface area (Å²) < 4.78 is 0. The highest BCUT2D eigenvalue weighted by Crippen LogP contribution is 2.33. The van der Waals surface area contributed by atoms with E-state index < -0.39 is 8.22 Å². The van der Waals surface area contributed by atoms with Crippen molar-refractivity contribution in [2.24, 2.45) is 5.50 Å². The first kappa shape index (κ1) is 5.16. The van der Waals surface area contributed by atoms with Crippen molar-refractivity contribution in [2.75, 3.05) is 0 Å². The van der Waals surface area contributed by atoms with Crippen LogP contribution in [0.5, 0.6) is 0 Å². The summed E-state index contributed by atoms with van der Waals surface area (Å²) in [5.74, 6) is 0. The lowest BCUT2D eigenvalue weighted by atomic mass is 10.4. The predicted octanol–water partition coefficient (Wildman–Crippen LogP) is -0.225. The highest BCUT2D eigenvalue weighted by Gasteiger charge is 2.31. The van der Waals surface area contributed by atoms with Gasteiger partial charge < -0.3 is 0 Å². The quantitative estimate of drug-likeness (QED) is 0.432. The average molecular weight is 118 g/mol. The molecule has 2 atom stereocenters. The fourth-order valence-corrected chi connectivity index (χ4v) is 1.41. The zero-order valence-electron chi connectivity index (χ0n) is 4.01. The minimum atomic E-state index is -0.907. The number of nitrogens with two attached hydrogens (primary N) is 1. The van der Waals surface area contributed by atoms with Crippen molar-refractivity contribution in [2.45, 2.75) is 13.0 Å². The molecular weight excluding hydrogens is 111 g/mol. The molecule has 1 saturated heterocycles. The largest absolute Gasteiger partial charge is 0.292 e. The van der Waals surface area contributed by atoms with Gasteiger partial charge in [-0.2, -0.15) is 0 Å². The van der Waals surface area contributed by atoms with Crippen molar-refractivity contribution in [1.29, 1.82) is 0 Å². The molecule has 4 heteroatoms. The van der Waals surface area contributed by atoms with Gasteiger partial charge in [-0.3, -0.25) is 15.4 Å². The minimum absolute atomic E-state index is 0.0242. The van der Waals surface area contributed by atoms with Crippen LogP contribution in [0.4, 0.5) is 0 Å². The standard InChI is InChI=1S/C3H7N2OP/c1-2-3(6)7(4)5-2/h2,5H,4H2,1H3. The van der Waals surface area contributed by atoms with Crippen LogP contribution in [-0.2, 0) is 4.79 Å². The topological polar surface area (TPSA) is 55.1 Å². The second kappa shape index (κ2) is 1.51. The molecule has 1 aliphatic rings. The van der Waals surface area contributed by atoms with Crippen molar-refractivity contribution >= 4 is 13.7 Å². The monoisotopic (exact) mass is 118 g/mol. The molecule has 0 radical (unpaired) electrons. The van der Waals surface area contributed by atoms with Crippen molar-refractivity contribution in [3.05, 3.63) is 0 Å². The Balaban J connectivity index is 2.44. The summed E-state index contributed by atoms with van der Waals surface area (Å²) in [7, 11) is -0.907. The van der Waals surface area contributed by atoms with Crippen LogP contribution in [-0.4, -0.2) is 11.6 Å². The smallest absolute Gasteiger partial charge is 0.201 e. The van der Waals surface area contributed by atoms with Crippen LogP contribution in [0.2, 0.25) is 0 Å². The van der Waals surface area contributed by atoms with Crippen LogP contribution in [0.15, 0.2) is 0 Å². The first-order valence-electron chi connectivity index (χ1n) is 2.06. The van der Waals surface area contributed by atoms with Crippen molar-refractivity contribution in [1.82, 2.24) is 5.09 Å². The van der Waals surface area contributed by atoms with E-state index in [1.165, 1.54) is 0 Å². The van der Waals surface area contributed by atoms with E-state index in [0.717, 1.165) is 0 Å². The molecule has 40 valence electrons. The third-order valence-corrected chi connectivity index (χ3v) is 2.47. The molecule has 1 heterocycles. The zero-order chi connectivity index (χ0) is 5.44. The van der Waals surface area contributed by atoms with Crippen molar-refractivity contribution in [3.8, 4) is 0 Å². The maximum absolute atomic E-state index is 10.4. The third-order valence-electron chi connectivity index (χ3n) is 0.941. The molecule has 0 aromatic carbocycles. The molecule has 0 aromatic rings. The fraction of sp³-hybridized carbons (Fsp3) is 0.667. The van der Waals surface area contributed by atoms with E-state index in [0.29, 0.717) is 0 Å². The first-order valence-corrected chi connectivity index (χ1v) is 3.48. The van der Waals surface area contributed by atoms with Gasteiger partial charge in [-0.05, 0) is 6.92 Å². The molecule has 7 heavy (non-hydrogen) atoms. The highest BCUT2D eigenvalue weighted by atomic mass is 31.1. The van der Waals surface area contributed by atoms with Gasteiger partial charge in [0.2, 0.25) is 5.52 Å². The number of carbonyl (C=O) groups excluding carboxylic acids is 1. The van der Waals surface area contributed by atoms with Gasteiger partial charge in [0, 0.05) is 0 Å². The maximum atomic E-state index is 10.4. The lowest BCUT2D eigenvalue weighted by Crippen LogP contribution is -2.45. The second-order valence-corrected chi connectivity index (χ2v) is 3.00. The molecule has 0 amide bonds. The van der Waals surface area contributed by atoms with E-state index in [-0.39, 0.29) is 11.6 Å². The van der Waals surface area contributed by atoms with Gasteiger partial charge in [0.25, 0.3) is 0 Å². The summed E-state index contributed by atoms with van der Waals surface area (Å²) in [6.45, 7) is 1.81. The van der Waals surface area contributed by atoms with Crippen molar-refractivity contribution < 1.29 is 4.79 Å². The summed E-state index contributed by atoms with van der Waals surface area (Å²) in [5.41, 5.74) is 5.39. The lowest BCUT2D eigenvalue weighted by Gasteiger charge is -2.28. The first-order chi connectivity index (χ1) is 3.22. The Morgan fingerprint density at radius 3 is 2.57 bits per heavy atom. The molecule has 3 N–H and O–H groups in total. The van der Waals surface area contributed by atoms with E-state index in [2.05, 4.69) is 5.09 Å². The zero-order valence-corrected chi connectivity index (χ0v) is 4.90. The van der Waals surface area contributed by atoms with E-state index in [1.54, 1.807) is 0 Å². The summed E-state index contributed by atoms with van der Waals surface area (Å²) in [5, 5.41) is 2.85.